The molecule has 0 radical (unpaired) electrons. The Morgan fingerprint density at radius 1 is 0.789 bits per heavy atom. The van der Waals surface area contributed by atoms with Crippen molar-refractivity contribution in [1.82, 2.24) is 0 Å². The van der Waals surface area contributed by atoms with Gasteiger partial charge in [0.15, 0.2) is 0 Å². The molecule has 0 amide bonds. The number of anilines is 2. The summed E-state index contributed by atoms with van der Waals surface area (Å²) in [5, 5.41) is 6.97. The third-order valence-corrected chi connectivity index (χ3v) is 3.69. The maximum absolute atomic E-state index is 3.53. The maximum atomic E-state index is 3.53. The SMILES string of the molecule is C1=Cc2ccccc2NC1=C1CNc2ccccc21. The number of rotatable bonds is 0. The van der Waals surface area contributed by atoms with Crippen molar-refractivity contribution in [2.24, 2.45) is 0 Å². The van der Waals surface area contributed by atoms with E-state index in [0.29, 0.717) is 0 Å². The minimum Gasteiger partial charge on any atom is -0.380 e. The van der Waals surface area contributed by atoms with Gasteiger partial charge in [-0.15, -0.1) is 0 Å². The van der Waals surface area contributed by atoms with Gasteiger partial charge in [0.2, 0.25) is 0 Å². The fourth-order valence-corrected chi connectivity index (χ4v) is 2.71. The summed E-state index contributed by atoms with van der Waals surface area (Å²) in [5.41, 5.74) is 7.47. The summed E-state index contributed by atoms with van der Waals surface area (Å²) in [4.78, 5) is 0. The van der Waals surface area contributed by atoms with Crippen molar-refractivity contribution in [2.75, 3.05) is 17.2 Å². The first-order valence-electron chi connectivity index (χ1n) is 6.52. The number of hydrogen-bond acceptors (Lipinski definition) is 2. The molecule has 92 valence electrons. The molecule has 0 aliphatic carbocycles. The molecule has 2 N–H and O–H groups in total. The Hall–Kier alpha value is -2.48. The summed E-state index contributed by atoms with van der Waals surface area (Å²) in [6.07, 6.45) is 4.34. The first-order chi connectivity index (χ1) is 9.42. The summed E-state index contributed by atoms with van der Waals surface area (Å²) in [5.74, 6) is 0. The predicted octanol–water partition coefficient (Wildman–Crippen LogP) is 3.96. The normalized spacial score (nSPS) is 19.4. The van der Waals surface area contributed by atoms with E-state index >= 15 is 0 Å². The van der Waals surface area contributed by atoms with E-state index < -0.39 is 0 Å². The lowest BCUT2D eigenvalue weighted by atomic mass is 10.0. The van der Waals surface area contributed by atoms with Crippen LogP contribution in [0.25, 0.3) is 11.6 Å². The molecule has 0 spiro atoms. The molecule has 2 aliphatic rings. The Kier molecular flexibility index (Phi) is 2.21. The van der Waals surface area contributed by atoms with Crippen LogP contribution >= 0.6 is 0 Å². The summed E-state index contributed by atoms with van der Waals surface area (Å²) in [6.45, 7) is 0.883. The Labute approximate surface area is 112 Å². The van der Waals surface area contributed by atoms with Crippen LogP contribution in [0, 0.1) is 0 Å². The molecule has 2 nitrogen and oxygen atoms in total. The minimum absolute atomic E-state index is 0.883. The lowest BCUT2D eigenvalue weighted by Crippen LogP contribution is -2.07. The van der Waals surface area contributed by atoms with E-state index in [1.54, 1.807) is 0 Å². The second kappa shape index (κ2) is 4.02. The van der Waals surface area contributed by atoms with Crippen LogP contribution in [0.2, 0.25) is 0 Å². The first-order valence-corrected chi connectivity index (χ1v) is 6.52. The van der Waals surface area contributed by atoms with Crippen molar-refractivity contribution in [3.8, 4) is 0 Å². The Morgan fingerprint density at radius 2 is 1.58 bits per heavy atom. The zero-order valence-corrected chi connectivity index (χ0v) is 10.5. The van der Waals surface area contributed by atoms with Crippen LogP contribution in [0.3, 0.4) is 0 Å². The smallest absolute Gasteiger partial charge is 0.0457 e. The minimum atomic E-state index is 0.883. The van der Waals surface area contributed by atoms with Crippen molar-refractivity contribution in [2.45, 2.75) is 0 Å². The Morgan fingerprint density at radius 3 is 2.53 bits per heavy atom. The molecule has 2 heteroatoms. The standard InChI is InChI=1S/C17H14N2/c1-3-7-15-12(5-1)9-10-17(19-15)14-11-18-16-8-4-2-6-13(14)16/h1-10,18-19H,11H2. The van der Waals surface area contributed by atoms with Gasteiger partial charge in [-0.2, -0.15) is 0 Å². The lowest BCUT2D eigenvalue weighted by Gasteiger charge is -2.17. The van der Waals surface area contributed by atoms with E-state index in [4.69, 9.17) is 0 Å². The average molecular weight is 246 g/mol. The number of benzene rings is 2. The Bertz CT molecular complexity index is 711. The van der Waals surface area contributed by atoms with Crippen molar-refractivity contribution >= 4 is 23.0 Å². The Balaban J connectivity index is 1.82. The van der Waals surface area contributed by atoms with Crippen LogP contribution in [-0.2, 0) is 0 Å². The van der Waals surface area contributed by atoms with E-state index in [9.17, 15) is 0 Å². The van der Waals surface area contributed by atoms with Crippen molar-refractivity contribution in [1.29, 1.82) is 0 Å². The van der Waals surface area contributed by atoms with Crippen molar-refractivity contribution < 1.29 is 0 Å². The largest absolute Gasteiger partial charge is 0.380 e. The zero-order chi connectivity index (χ0) is 12.7. The highest BCUT2D eigenvalue weighted by molar-refractivity contribution is 5.90. The third kappa shape index (κ3) is 1.65. The van der Waals surface area contributed by atoms with E-state index in [-0.39, 0.29) is 0 Å². The van der Waals surface area contributed by atoms with Crippen LogP contribution in [0.5, 0.6) is 0 Å². The van der Waals surface area contributed by atoms with Gasteiger partial charge in [0, 0.05) is 34.8 Å². The predicted molar refractivity (Wildman–Crippen MR) is 81.0 cm³/mol. The number of allylic oxidation sites excluding steroid dienone is 1. The van der Waals surface area contributed by atoms with Gasteiger partial charge < -0.3 is 10.6 Å². The van der Waals surface area contributed by atoms with Crippen LogP contribution in [0.1, 0.15) is 11.1 Å². The molecule has 2 aromatic carbocycles. The molecular weight excluding hydrogens is 232 g/mol. The van der Waals surface area contributed by atoms with Gasteiger partial charge in [-0.25, -0.2) is 0 Å². The molecule has 19 heavy (non-hydrogen) atoms. The van der Waals surface area contributed by atoms with Gasteiger partial charge in [0.05, 0.1) is 0 Å². The lowest BCUT2D eigenvalue weighted by molar-refractivity contribution is 1.38. The van der Waals surface area contributed by atoms with Gasteiger partial charge in [-0.05, 0) is 23.8 Å². The maximum Gasteiger partial charge on any atom is 0.0457 e. The fourth-order valence-electron chi connectivity index (χ4n) is 2.71. The zero-order valence-electron chi connectivity index (χ0n) is 10.5. The number of fused-ring (bicyclic) bond motifs is 2. The van der Waals surface area contributed by atoms with E-state index in [1.807, 2.05) is 0 Å². The van der Waals surface area contributed by atoms with Crippen molar-refractivity contribution in [3.63, 3.8) is 0 Å². The molecular formula is C17H14N2. The number of nitrogens with one attached hydrogen (secondary N) is 2. The van der Waals surface area contributed by atoms with Crippen LogP contribution in [0.15, 0.2) is 60.3 Å². The molecule has 0 aromatic heterocycles. The average Bonchev–Trinajstić information content (AvgIpc) is 2.91. The highest BCUT2D eigenvalue weighted by Gasteiger charge is 2.19. The molecule has 2 aliphatic heterocycles. The van der Waals surface area contributed by atoms with E-state index in [1.165, 1.54) is 33.8 Å². The van der Waals surface area contributed by atoms with Crippen molar-refractivity contribution in [3.05, 3.63) is 71.4 Å². The quantitative estimate of drug-likeness (QED) is 0.735. The molecule has 0 bridgehead atoms. The molecule has 0 saturated heterocycles. The van der Waals surface area contributed by atoms with Crippen LogP contribution in [-0.4, -0.2) is 6.54 Å². The molecule has 0 atom stereocenters. The second-order valence-corrected chi connectivity index (χ2v) is 4.84. The van der Waals surface area contributed by atoms with E-state index in [2.05, 4.69) is 71.3 Å². The second-order valence-electron chi connectivity index (χ2n) is 4.84. The van der Waals surface area contributed by atoms with E-state index in [0.717, 1.165) is 6.54 Å². The highest BCUT2D eigenvalue weighted by Crippen LogP contribution is 2.35. The van der Waals surface area contributed by atoms with Gasteiger partial charge >= 0.3 is 0 Å². The third-order valence-electron chi connectivity index (χ3n) is 3.69. The molecule has 0 fully saturated rings. The first kappa shape index (κ1) is 10.4. The number of para-hydroxylation sites is 2. The summed E-state index contributed by atoms with van der Waals surface area (Å²) >= 11 is 0. The molecule has 0 unspecified atom stereocenters. The number of hydrogen-bond donors (Lipinski definition) is 2. The molecule has 4 rings (SSSR count). The van der Waals surface area contributed by atoms with Gasteiger partial charge in [-0.3, -0.25) is 0 Å². The fraction of sp³-hybridized carbons (Fsp3) is 0.0588. The molecule has 2 aromatic rings. The highest BCUT2D eigenvalue weighted by atomic mass is 14.9. The van der Waals surface area contributed by atoms with Gasteiger partial charge in [0.25, 0.3) is 0 Å². The molecule has 0 saturated carbocycles. The summed E-state index contributed by atoms with van der Waals surface area (Å²) in [7, 11) is 0. The van der Waals surface area contributed by atoms with Crippen LogP contribution < -0.4 is 10.6 Å². The summed E-state index contributed by atoms with van der Waals surface area (Å²) in [6, 6.07) is 16.8. The summed E-state index contributed by atoms with van der Waals surface area (Å²) < 4.78 is 0. The van der Waals surface area contributed by atoms with Gasteiger partial charge in [0.1, 0.15) is 0 Å². The topological polar surface area (TPSA) is 24.1 Å². The van der Waals surface area contributed by atoms with Crippen LogP contribution in [0.4, 0.5) is 11.4 Å². The van der Waals surface area contributed by atoms with Gasteiger partial charge in [-0.1, -0.05) is 42.5 Å². The monoisotopic (exact) mass is 246 g/mol. The molecule has 2 heterocycles.